The van der Waals surface area contributed by atoms with E-state index in [0.717, 1.165) is 68.8 Å². The average Bonchev–Trinajstić information content (AvgIpc) is 3.75. The van der Waals surface area contributed by atoms with E-state index in [2.05, 4.69) is 30.3 Å². The molecule has 1 aliphatic heterocycles. The van der Waals surface area contributed by atoms with Crippen molar-refractivity contribution >= 4 is 23.2 Å². The molecule has 1 saturated carbocycles. The summed E-state index contributed by atoms with van der Waals surface area (Å²) in [7, 11) is 0. The molecule has 0 bridgehead atoms. The monoisotopic (exact) mass is 651 g/mol. The van der Waals surface area contributed by atoms with Gasteiger partial charge in [-0.2, -0.15) is 5.10 Å². The summed E-state index contributed by atoms with van der Waals surface area (Å²) in [5.41, 5.74) is 2.44. The lowest BCUT2D eigenvalue weighted by Gasteiger charge is -2.38. The molecule has 1 saturated heterocycles. The smallest absolute Gasteiger partial charge is 0.257 e. The molecule has 0 amide bonds. The van der Waals surface area contributed by atoms with E-state index in [4.69, 9.17) is 35.6 Å². The molecule has 1 unspecified atom stereocenters. The Morgan fingerprint density at radius 3 is 2.57 bits per heavy atom. The van der Waals surface area contributed by atoms with Crippen LogP contribution in [0.5, 0.6) is 11.6 Å². The molecule has 1 aliphatic carbocycles. The molecule has 1 aromatic carbocycles. The van der Waals surface area contributed by atoms with E-state index >= 15 is 0 Å². The maximum absolute atomic E-state index is 6.46. The zero-order valence-corrected chi connectivity index (χ0v) is 27.2. The number of anilines is 2. The van der Waals surface area contributed by atoms with Crippen LogP contribution >= 0.6 is 11.6 Å². The zero-order valence-electron chi connectivity index (χ0n) is 26.4. The maximum atomic E-state index is 6.46. The molecule has 246 valence electrons. The maximum Gasteiger partial charge on any atom is 0.257 e. The van der Waals surface area contributed by atoms with Gasteiger partial charge < -0.3 is 24.3 Å². The Balaban J connectivity index is 1.12. The van der Waals surface area contributed by atoms with Crippen molar-refractivity contribution in [3.63, 3.8) is 0 Å². The first-order valence-corrected chi connectivity index (χ1v) is 16.4. The first-order chi connectivity index (χ1) is 22.6. The summed E-state index contributed by atoms with van der Waals surface area (Å²) >= 11 is 6.46. The molecule has 4 heterocycles. The van der Waals surface area contributed by atoms with Gasteiger partial charge in [0, 0.05) is 43.7 Å². The van der Waals surface area contributed by atoms with E-state index in [1.54, 1.807) is 23.4 Å². The van der Waals surface area contributed by atoms with Gasteiger partial charge in [-0.15, -0.1) is 5.10 Å². The highest BCUT2D eigenvalue weighted by molar-refractivity contribution is 6.32. The third-order valence-corrected chi connectivity index (χ3v) is 8.69. The summed E-state index contributed by atoms with van der Waals surface area (Å²) in [4.78, 5) is 15.8. The van der Waals surface area contributed by atoms with Crippen LogP contribution in [0.25, 0.3) is 11.1 Å². The SMILES string of the molecule is CCOCCOc1nn(C2CCC(N3CCOCC3)CC2)cc1Nc1ncc(-c2ccc(Cl)c(OC(C)Cn3cncn3)c2)cn1. The van der Waals surface area contributed by atoms with Crippen LogP contribution in [-0.2, 0) is 16.0 Å². The van der Waals surface area contributed by atoms with Gasteiger partial charge in [0.05, 0.1) is 43.6 Å². The summed E-state index contributed by atoms with van der Waals surface area (Å²) in [6.45, 7) is 9.73. The average molecular weight is 652 g/mol. The van der Waals surface area contributed by atoms with Crippen LogP contribution in [0.2, 0.25) is 5.02 Å². The Morgan fingerprint density at radius 1 is 1.04 bits per heavy atom. The van der Waals surface area contributed by atoms with Gasteiger partial charge in [0.15, 0.2) is 0 Å². The zero-order chi connectivity index (χ0) is 31.7. The highest BCUT2D eigenvalue weighted by atomic mass is 35.5. The summed E-state index contributed by atoms with van der Waals surface area (Å²) in [5.74, 6) is 1.54. The number of nitrogens with zero attached hydrogens (tertiary/aromatic N) is 8. The second-order valence-electron chi connectivity index (χ2n) is 11.6. The van der Waals surface area contributed by atoms with Crippen molar-refractivity contribution in [2.75, 3.05) is 51.4 Å². The summed E-state index contributed by atoms with van der Waals surface area (Å²) in [6.07, 6.45) is 13.0. The van der Waals surface area contributed by atoms with Crippen molar-refractivity contribution in [2.45, 2.75) is 64.3 Å². The minimum Gasteiger partial charge on any atom is -0.487 e. The van der Waals surface area contributed by atoms with Crippen LogP contribution in [0.3, 0.4) is 0 Å². The van der Waals surface area contributed by atoms with E-state index < -0.39 is 0 Å². The van der Waals surface area contributed by atoms with Crippen LogP contribution in [0.15, 0.2) is 49.4 Å². The normalized spacial score (nSPS) is 19.5. The molecule has 14 heteroatoms. The molecule has 1 atom stereocenters. The number of halogens is 1. The van der Waals surface area contributed by atoms with E-state index in [9.17, 15) is 0 Å². The molecule has 13 nitrogen and oxygen atoms in total. The summed E-state index contributed by atoms with van der Waals surface area (Å²) < 4.78 is 27.0. The lowest BCUT2D eigenvalue weighted by atomic mass is 9.90. The number of aromatic nitrogens is 7. The molecule has 0 radical (unpaired) electrons. The lowest BCUT2D eigenvalue weighted by Crippen LogP contribution is -2.45. The van der Waals surface area contributed by atoms with Gasteiger partial charge in [0.25, 0.3) is 5.88 Å². The number of morpholine rings is 1. The number of rotatable bonds is 14. The van der Waals surface area contributed by atoms with Gasteiger partial charge in [-0.25, -0.2) is 19.6 Å². The minimum absolute atomic E-state index is 0.164. The Kier molecular flexibility index (Phi) is 11.0. The standard InChI is InChI=1S/C32H42ClN9O4/c1-3-43-14-15-45-31-29(20-42(39-31)27-7-5-26(6-8-27)40-10-12-44-13-11-40)38-32-35-17-25(18-36-32)24-4-9-28(33)30(16-24)46-23(2)19-41-22-34-21-37-41/h4,9,16-18,20-23,26-27H,3,5-8,10-15,19H2,1-2H3,(H,35,36,38). The number of benzene rings is 1. The molecule has 2 aliphatic rings. The molecule has 6 rings (SSSR count). The van der Waals surface area contributed by atoms with E-state index in [-0.39, 0.29) is 6.10 Å². The van der Waals surface area contributed by atoms with Crippen molar-refractivity contribution in [1.29, 1.82) is 0 Å². The Morgan fingerprint density at radius 2 is 1.83 bits per heavy atom. The van der Waals surface area contributed by atoms with Gasteiger partial charge in [0.2, 0.25) is 5.95 Å². The fourth-order valence-electron chi connectivity index (χ4n) is 6.01. The lowest BCUT2D eigenvalue weighted by molar-refractivity contribution is 0.00502. The largest absolute Gasteiger partial charge is 0.487 e. The van der Waals surface area contributed by atoms with E-state index in [1.807, 2.05) is 42.9 Å². The summed E-state index contributed by atoms with van der Waals surface area (Å²) in [6, 6.07) is 6.56. The third-order valence-electron chi connectivity index (χ3n) is 8.37. The number of ether oxygens (including phenoxy) is 4. The van der Waals surface area contributed by atoms with Gasteiger partial charge >= 0.3 is 0 Å². The topological polar surface area (TPSA) is 127 Å². The predicted octanol–water partition coefficient (Wildman–Crippen LogP) is 5.03. The number of hydrogen-bond donors (Lipinski definition) is 1. The first kappa shape index (κ1) is 32.2. The molecule has 3 aromatic heterocycles. The Labute approximate surface area is 274 Å². The Hall–Kier alpha value is -3.78. The molecule has 2 fully saturated rings. The fraction of sp³-hybridized carbons (Fsp3) is 0.531. The first-order valence-electron chi connectivity index (χ1n) is 16.0. The van der Waals surface area contributed by atoms with Crippen LogP contribution in [0.1, 0.15) is 45.6 Å². The van der Waals surface area contributed by atoms with Gasteiger partial charge in [0.1, 0.15) is 36.8 Å². The van der Waals surface area contributed by atoms with Crippen molar-refractivity contribution < 1.29 is 18.9 Å². The van der Waals surface area contributed by atoms with Crippen molar-refractivity contribution in [1.82, 2.24) is 39.4 Å². The predicted molar refractivity (Wildman–Crippen MR) is 174 cm³/mol. The van der Waals surface area contributed by atoms with Crippen LogP contribution in [0, 0.1) is 0 Å². The summed E-state index contributed by atoms with van der Waals surface area (Å²) in [5, 5.41) is 12.8. The molecular formula is C32H42ClN9O4. The Bertz CT molecular complexity index is 1500. The van der Waals surface area contributed by atoms with Crippen LogP contribution in [-0.4, -0.2) is 97.7 Å². The quantitative estimate of drug-likeness (QED) is 0.185. The molecular weight excluding hydrogens is 610 g/mol. The van der Waals surface area contributed by atoms with Gasteiger partial charge in [-0.1, -0.05) is 17.7 Å². The van der Waals surface area contributed by atoms with Gasteiger partial charge in [-0.3, -0.25) is 9.58 Å². The van der Waals surface area contributed by atoms with Gasteiger partial charge in [-0.05, 0) is 57.2 Å². The van der Waals surface area contributed by atoms with Crippen LogP contribution < -0.4 is 14.8 Å². The molecule has 4 aromatic rings. The number of nitrogens with one attached hydrogen (secondary N) is 1. The van der Waals surface area contributed by atoms with E-state index in [1.165, 1.54) is 6.33 Å². The second kappa shape index (κ2) is 15.7. The highest BCUT2D eigenvalue weighted by Crippen LogP contribution is 2.35. The van der Waals surface area contributed by atoms with Crippen molar-refractivity contribution in [3.8, 4) is 22.8 Å². The fourth-order valence-corrected chi connectivity index (χ4v) is 6.17. The second-order valence-corrected chi connectivity index (χ2v) is 12.0. The third kappa shape index (κ3) is 8.32. The molecule has 0 spiro atoms. The number of hydrogen-bond acceptors (Lipinski definition) is 11. The van der Waals surface area contributed by atoms with Crippen molar-refractivity contribution in [3.05, 3.63) is 54.5 Å². The molecule has 46 heavy (non-hydrogen) atoms. The highest BCUT2D eigenvalue weighted by Gasteiger charge is 2.29. The minimum atomic E-state index is -0.164. The van der Waals surface area contributed by atoms with Crippen molar-refractivity contribution in [2.24, 2.45) is 0 Å². The van der Waals surface area contributed by atoms with Crippen LogP contribution in [0.4, 0.5) is 11.6 Å². The molecule has 1 N–H and O–H groups in total. The van der Waals surface area contributed by atoms with E-state index in [0.29, 0.717) is 61.0 Å².